The van der Waals surface area contributed by atoms with Crippen molar-refractivity contribution in [3.63, 3.8) is 0 Å². The number of amides is 2. The molecule has 0 unspecified atom stereocenters. The van der Waals surface area contributed by atoms with Crippen LogP contribution in [0.1, 0.15) is 21.7 Å². The first-order valence-electron chi connectivity index (χ1n) is 12.3. The largest absolute Gasteiger partial charge is 0.495 e. The highest BCUT2D eigenvalue weighted by molar-refractivity contribution is 7.21. The van der Waals surface area contributed by atoms with Gasteiger partial charge in [0.25, 0.3) is 5.91 Å². The Labute approximate surface area is 216 Å². The first-order chi connectivity index (χ1) is 17.4. The van der Waals surface area contributed by atoms with Crippen molar-refractivity contribution in [2.45, 2.75) is 13.3 Å². The SMILES string of the molecule is CNC(=O)CCN(CCN1CCN(C)CC1)C(=O)c1sc2ccc(-c3cncc(OC)c3)cc2c1C. The van der Waals surface area contributed by atoms with Crippen molar-refractivity contribution in [3.05, 3.63) is 47.1 Å². The van der Waals surface area contributed by atoms with Crippen LogP contribution < -0.4 is 10.1 Å². The third kappa shape index (κ3) is 6.03. The van der Waals surface area contributed by atoms with Gasteiger partial charge in [0.2, 0.25) is 5.91 Å². The number of nitrogens with zero attached hydrogens (tertiary/aromatic N) is 4. The van der Waals surface area contributed by atoms with E-state index in [1.54, 1.807) is 20.4 Å². The van der Waals surface area contributed by atoms with Gasteiger partial charge in [0.15, 0.2) is 0 Å². The molecule has 0 radical (unpaired) electrons. The zero-order valence-corrected chi connectivity index (χ0v) is 22.4. The number of hydrogen-bond acceptors (Lipinski definition) is 7. The van der Waals surface area contributed by atoms with Crippen molar-refractivity contribution >= 4 is 33.2 Å². The predicted octanol–water partition coefficient (Wildman–Crippen LogP) is 3.11. The summed E-state index contributed by atoms with van der Waals surface area (Å²) in [6.07, 6.45) is 3.79. The number of thiophene rings is 1. The summed E-state index contributed by atoms with van der Waals surface area (Å²) in [6, 6.07) is 8.20. The molecule has 1 aliphatic heterocycles. The van der Waals surface area contributed by atoms with Crippen LogP contribution in [-0.2, 0) is 4.79 Å². The minimum Gasteiger partial charge on any atom is -0.495 e. The smallest absolute Gasteiger partial charge is 0.264 e. The highest BCUT2D eigenvalue weighted by Crippen LogP contribution is 2.35. The van der Waals surface area contributed by atoms with E-state index in [1.807, 2.05) is 24.1 Å². The molecule has 0 atom stereocenters. The number of carbonyl (C=O) groups is 2. The number of aromatic nitrogens is 1. The first kappa shape index (κ1) is 26.1. The van der Waals surface area contributed by atoms with E-state index in [4.69, 9.17) is 4.74 Å². The number of piperazine rings is 1. The van der Waals surface area contributed by atoms with E-state index in [0.29, 0.717) is 25.3 Å². The molecule has 2 amide bonds. The number of rotatable bonds is 9. The van der Waals surface area contributed by atoms with Crippen LogP contribution in [0.4, 0.5) is 0 Å². The highest BCUT2D eigenvalue weighted by Gasteiger charge is 2.24. The molecule has 1 aromatic carbocycles. The van der Waals surface area contributed by atoms with Crippen molar-refractivity contribution in [3.8, 4) is 16.9 Å². The number of nitrogens with one attached hydrogen (secondary N) is 1. The average Bonchev–Trinajstić information content (AvgIpc) is 3.24. The Bertz CT molecular complexity index is 1220. The van der Waals surface area contributed by atoms with Crippen molar-refractivity contribution < 1.29 is 14.3 Å². The lowest BCUT2D eigenvalue weighted by Crippen LogP contribution is -2.48. The lowest BCUT2D eigenvalue weighted by molar-refractivity contribution is -0.120. The summed E-state index contributed by atoms with van der Waals surface area (Å²) < 4.78 is 6.39. The van der Waals surface area contributed by atoms with Gasteiger partial charge in [-0.05, 0) is 48.7 Å². The van der Waals surface area contributed by atoms with Crippen molar-refractivity contribution in [1.82, 2.24) is 25.0 Å². The van der Waals surface area contributed by atoms with E-state index in [0.717, 1.165) is 64.4 Å². The minimum absolute atomic E-state index is 0.00340. The first-order valence-corrected chi connectivity index (χ1v) is 13.1. The molecule has 0 saturated carbocycles. The van der Waals surface area contributed by atoms with Gasteiger partial charge >= 0.3 is 0 Å². The maximum atomic E-state index is 13.8. The van der Waals surface area contributed by atoms with Crippen LogP contribution in [0.5, 0.6) is 5.75 Å². The molecule has 3 heterocycles. The van der Waals surface area contributed by atoms with Crippen LogP contribution in [0.3, 0.4) is 0 Å². The lowest BCUT2D eigenvalue weighted by atomic mass is 10.0. The van der Waals surface area contributed by atoms with Gasteiger partial charge in [-0.2, -0.15) is 0 Å². The molecule has 2 aromatic heterocycles. The highest BCUT2D eigenvalue weighted by atomic mass is 32.1. The summed E-state index contributed by atoms with van der Waals surface area (Å²) in [5.41, 5.74) is 2.97. The number of ether oxygens (including phenoxy) is 1. The molecule has 0 aliphatic carbocycles. The molecule has 192 valence electrons. The fraction of sp³-hybridized carbons (Fsp3) is 0.444. The van der Waals surface area contributed by atoms with Crippen molar-refractivity contribution in [1.29, 1.82) is 0 Å². The molecule has 0 bridgehead atoms. The molecular weight excluding hydrogens is 474 g/mol. The normalized spacial score (nSPS) is 14.7. The van der Waals surface area contributed by atoms with E-state index >= 15 is 0 Å². The topological polar surface area (TPSA) is 78.0 Å². The summed E-state index contributed by atoms with van der Waals surface area (Å²) in [7, 11) is 5.39. The Morgan fingerprint density at radius 2 is 1.89 bits per heavy atom. The third-order valence-electron chi connectivity index (χ3n) is 6.87. The van der Waals surface area contributed by atoms with E-state index in [9.17, 15) is 9.59 Å². The Morgan fingerprint density at radius 1 is 1.11 bits per heavy atom. The number of aryl methyl sites for hydroxylation is 1. The number of hydrogen-bond donors (Lipinski definition) is 1. The minimum atomic E-state index is -0.0583. The zero-order valence-electron chi connectivity index (χ0n) is 21.5. The number of methoxy groups -OCH3 is 1. The van der Waals surface area contributed by atoms with E-state index < -0.39 is 0 Å². The van der Waals surface area contributed by atoms with E-state index in [-0.39, 0.29) is 11.8 Å². The van der Waals surface area contributed by atoms with Crippen molar-refractivity contribution in [2.75, 3.05) is 67.0 Å². The predicted molar refractivity (Wildman–Crippen MR) is 145 cm³/mol. The molecule has 9 heteroatoms. The molecule has 1 fully saturated rings. The van der Waals surface area contributed by atoms with Gasteiger partial charge in [0.1, 0.15) is 5.75 Å². The molecular formula is C27H35N5O3S. The molecule has 4 rings (SSSR count). The molecule has 3 aromatic rings. The molecule has 8 nitrogen and oxygen atoms in total. The molecule has 1 N–H and O–H groups in total. The lowest BCUT2D eigenvalue weighted by Gasteiger charge is -2.34. The Hall–Kier alpha value is -3.01. The van der Waals surface area contributed by atoms with Gasteiger partial charge in [-0.3, -0.25) is 19.5 Å². The van der Waals surface area contributed by atoms with Gasteiger partial charge in [-0.15, -0.1) is 11.3 Å². The Balaban J connectivity index is 1.57. The fourth-order valence-electron chi connectivity index (χ4n) is 4.45. The second kappa shape index (κ2) is 11.8. The summed E-state index contributed by atoms with van der Waals surface area (Å²) in [5, 5.41) is 3.73. The van der Waals surface area contributed by atoms with Crippen LogP contribution >= 0.6 is 11.3 Å². The summed E-state index contributed by atoms with van der Waals surface area (Å²) >= 11 is 1.52. The molecule has 36 heavy (non-hydrogen) atoms. The van der Waals surface area contributed by atoms with E-state index in [1.165, 1.54) is 11.3 Å². The van der Waals surface area contributed by atoms with Crippen LogP contribution in [0.25, 0.3) is 21.2 Å². The van der Waals surface area contributed by atoms with E-state index in [2.05, 4.69) is 45.3 Å². The van der Waals surface area contributed by atoms with Crippen molar-refractivity contribution in [2.24, 2.45) is 0 Å². The summed E-state index contributed by atoms with van der Waals surface area (Å²) in [6.45, 7) is 7.89. The maximum absolute atomic E-state index is 13.8. The average molecular weight is 510 g/mol. The Kier molecular flexibility index (Phi) is 8.56. The molecule has 1 aliphatic rings. The fourth-order valence-corrected chi connectivity index (χ4v) is 5.60. The monoisotopic (exact) mass is 509 g/mol. The van der Waals surface area contributed by atoms with Crippen LogP contribution in [0.15, 0.2) is 36.7 Å². The summed E-state index contributed by atoms with van der Waals surface area (Å²) in [4.78, 5) is 37.3. The van der Waals surface area contributed by atoms with Gasteiger partial charge in [-0.25, -0.2) is 0 Å². The van der Waals surface area contributed by atoms with Crippen LogP contribution in [0.2, 0.25) is 0 Å². The number of carbonyl (C=O) groups excluding carboxylic acids is 2. The van der Waals surface area contributed by atoms with Gasteiger partial charge in [-0.1, -0.05) is 6.07 Å². The molecule has 0 spiro atoms. The number of fused-ring (bicyclic) bond motifs is 1. The van der Waals surface area contributed by atoms with Gasteiger partial charge in [0.05, 0.1) is 18.2 Å². The third-order valence-corrected chi connectivity index (χ3v) is 8.13. The van der Waals surface area contributed by atoms with Gasteiger partial charge < -0.3 is 19.9 Å². The number of pyridine rings is 1. The maximum Gasteiger partial charge on any atom is 0.264 e. The van der Waals surface area contributed by atoms with Gasteiger partial charge in [0, 0.05) is 75.7 Å². The second-order valence-electron chi connectivity index (χ2n) is 9.24. The number of likely N-dealkylation sites (N-methyl/N-ethyl adjacent to an activating group) is 1. The summed E-state index contributed by atoms with van der Waals surface area (Å²) in [5.74, 6) is 0.644. The Morgan fingerprint density at radius 3 is 2.61 bits per heavy atom. The molecule has 1 saturated heterocycles. The quantitative estimate of drug-likeness (QED) is 0.478. The zero-order chi connectivity index (χ0) is 25.7. The van der Waals surface area contributed by atoms with Crippen LogP contribution in [0, 0.1) is 6.92 Å². The number of benzene rings is 1. The standard InChI is InChI=1S/C27H35N5O3S/c1-19-23-16-20(21-15-22(35-4)18-29-17-21)5-6-24(23)36-26(19)27(34)32(8-7-25(33)28-2)14-13-31-11-9-30(3)10-12-31/h5-6,15-18H,7-14H2,1-4H3,(H,28,33). The van der Waals surface area contributed by atoms with Crippen LogP contribution in [-0.4, -0.2) is 98.5 Å². The second-order valence-corrected chi connectivity index (χ2v) is 10.3.